The van der Waals surface area contributed by atoms with Gasteiger partial charge in [-0.3, -0.25) is 24.6 Å². The van der Waals surface area contributed by atoms with E-state index >= 15 is 0 Å². The van der Waals surface area contributed by atoms with Crippen LogP contribution in [0, 0.1) is 10.1 Å². The molecule has 0 aromatic heterocycles. The average molecular weight is 504 g/mol. The first-order chi connectivity index (χ1) is 14.9. The number of rotatable bonds is 5. The summed E-state index contributed by atoms with van der Waals surface area (Å²) in [5.41, 5.74) is 2.05. The van der Waals surface area contributed by atoms with E-state index in [1.54, 1.807) is 12.1 Å². The van der Waals surface area contributed by atoms with Gasteiger partial charge in [-0.25, -0.2) is 0 Å². The van der Waals surface area contributed by atoms with Gasteiger partial charge in [0.1, 0.15) is 0 Å². The standard InChI is InChI=1S/C21H18BrN3O5S/c22-16-3-1-2-14(10-16)13-24-20(26)19(31-21(24)27)12-15-11-17(25(28)29)4-5-18(15)23-6-8-30-9-7-23/h1-5,10-12H,6-9,13H2/b19-12-. The van der Waals surface area contributed by atoms with Crippen LogP contribution in [-0.2, 0) is 16.1 Å². The highest BCUT2D eigenvalue weighted by Crippen LogP contribution is 2.36. The lowest BCUT2D eigenvalue weighted by molar-refractivity contribution is -0.384. The Bertz CT molecular complexity index is 1080. The lowest BCUT2D eigenvalue weighted by Crippen LogP contribution is -2.36. The zero-order valence-corrected chi connectivity index (χ0v) is 18.7. The molecular weight excluding hydrogens is 486 g/mol. The molecule has 2 amide bonds. The highest BCUT2D eigenvalue weighted by Gasteiger charge is 2.35. The molecule has 160 valence electrons. The van der Waals surface area contributed by atoms with Crippen molar-refractivity contribution in [3.05, 3.63) is 73.1 Å². The second-order valence-corrected chi connectivity index (χ2v) is 8.91. The number of ether oxygens (including phenoxy) is 1. The van der Waals surface area contributed by atoms with Gasteiger partial charge in [0.05, 0.1) is 29.6 Å². The van der Waals surface area contributed by atoms with Crippen molar-refractivity contribution in [2.75, 3.05) is 31.2 Å². The van der Waals surface area contributed by atoms with Crippen molar-refractivity contribution in [2.45, 2.75) is 6.54 Å². The van der Waals surface area contributed by atoms with Gasteiger partial charge in [0.2, 0.25) is 0 Å². The Morgan fingerprint density at radius 3 is 2.65 bits per heavy atom. The van der Waals surface area contributed by atoms with Crippen LogP contribution >= 0.6 is 27.7 Å². The Morgan fingerprint density at radius 1 is 1.16 bits per heavy atom. The molecule has 0 bridgehead atoms. The summed E-state index contributed by atoms with van der Waals surface area (Å²) in [6.07, 6.45) is 1.57. The molecule has 0 unspecified atom stereocenters. The molecule has 4 rings (SSSR count). The van der Waals surface area contributed by atoms with Crippen molar-refractivity contribution in [1.82, 2.24) is 4.90 Å². The van der Waals surface area contributed by atoms with Crippen LogP contribution in [-0.4, -0.2) is 47.3 Å². The molecular formula is C21H18BrN3O5S. The number of carbonyl (C=O) groups excluding carboxylic acids is 2. The van der Waals surface area contributed by atoms with Gasteiger partial charge in [0.25, 0.3) is 16.8 Å². The Morgan fingerprint density at radius 2 is 1.94 bits per heavy atom. The van der Waals surface area contributed by atoms with Crippen LogP contribution in [0.15, 0.2) is 51.8 Å². The van der Waals surface area contributed by atoms with Crippen LogP contribution in [0.1, 0.15) is 11.1 Å². The van der Waals surface area contributed by atoms with Crippen LogP contribution in [0.2, 0.25) is 0 Å². The molecule has 8 nitrogen and oxygen atoms in total. The third-order valence-corrected chi connectivity index (χ3v) is 6.36. The van der Waals surface area contributed by atoms with E-state index in [4.69, 9.17) is 4.74 Å². The molecule has 2 aliphatic heterocycles. The maximum atomic E-state index is 13.0. The Labute approximate surface area is 191 Å². The SMILES string of the molecule is O=C1S/C(=C\c2cc([N+](=O)[O-])ccc2N2CCOCC2)C(=O)N1Cc1cccc(Br)c1. The molecule has 10 heteroatoms. The fourth-order valence-corrected chi connectivity index (χ4v) is 4.73. The van der Waals surface area contributed by atoms with Crippen LogP contribution in [0.5, 0.6) is 0 Å². The summed E-state index contributed by atoms with van der Waals surface area (Å²) >= 11 is 4.23. The van der Waals surface area contributed by atoms with Crippen LogP contribution in [0.4, 0.5) is 16.2 Å². The summed E-state index contributed by atoms with van der Waals surface area (Å²) in [5.74, 6) is -0.408. The molecule has 0 spiro atoms. The zero-order valence-electron chi connectivity index (χ0n) is 16.3. The number of non-ortho nitro benzene ring substituents is 1. The number of nitrogens with zero attached hydrogens (tertiary/aromatic N) is 3. The lowest BCUT2D eigenvalue weighted by atomic mass is 10.1. The fraction of sp³-hybridized carbons (Fsp3) is 0.238. The summed E-state index contributed by atoms with van der Waals surface area (Å²) in [6.45, 7) is 2.55. The Hall–Kier alpha value is -2.69. The number of hydrogen-bond acceptors (Lipinski definition) is 7. The summed E-state index contributed by atoms with van der Waals surface area (Å²) in [5, 5.41) is 10.9. The molecule has 2 heterocycles. The Kier molecular flexibility index (Phi) is 6.40. The lowest BCUT2D eigenvalue weighted by Gasteiger charge is -2.30. The number of halogens is 1. The Balaban J connectivity index is 1.65. The maximum absolute atomic E-state index is 13.0. The van der Waals surface area contributed by atoms with Gasteiger partial charge in [-0.05, 0) is 41.6 Å². The smallest absolute Gasteiger partial charge is 0.293 e. The number of thioether (sulfide) groups is 1. The first-order valence-corrected chi connectivity index (χ1v) is 11.1. The van der Waals surface area contributed by atoms with Crippen LogP contribution in [0.25, 0.3) is 6.08 Å². The quantitative estimate of drug-likeness (QED) is 0.338. The van der Waals surface area contributed by atoms with Crippen molar-refractivity contribution >= 4 is 56.3 Å². The molecule has 31 heavy (non-hydrogen) atoms. The summed E-state index contributed by atoms with van der Waals surface area (Å²) < 4.78 is 6.25. The number of amides is 2. The third kappa shape index (κ3) is 4.81. The van der Waals surface area contributed by atoms with Crippen LogP contribution < -0.4 is 4.90 Å². The van der Waals surface area contributed by atoms with Gasteiger partial charge in [-0.2, -0.15) is 0 Å². The van der Waals surface area contributed by atoms with Gasteiger partial charge in [-0.1, -0.05) is 28.1 Å². The van der Waals surface area contributed by atoms with Crippen molar-refractivity contribution in [1.29, 1.82) is 0 Å². The predicted molar refractivity (Wildman–Crippen MR) is 122 cm³/mol. The summed E-state index contributed by atoms with van der Waals surface area (Å²) in [4.78, 5) is 39.8. The highest BCUT2D eigenvalue weighted by atomic mass is 79.9. The minimum absolute atomic E-state index is 0.0726. The molecule has 0 saturated carbocycles. The predicted octanol–water partition coefficient (Wildman–Crippen LogP) is 4.43. The molecule has 2 saturated heterocycles. The molecule has 0 radical (unpaired) electrons. The van der Waals surface area contributed by atoms with Gasteiger partial charge < -0.3 is 9.64 Å². The van der Waals surface area contributed by atoms with Crippen LogP contribution in [0.3, 0.4) is 0 Å². The third-order valence-electron chi connectivity index (χ3n) is 4.96. The van der Waals surface area contributed by atoms with Crippen molar-refractivity contribution in [2.24, 2.45) is 0 Å². The first-order valence-electron chi connectivity index (χ1n) is 9.53. The van der Waals surface area contributed by atoms with Gasteiger partial charge >= 0.3 is 0 Å². The number of carbonyl (C=O) groups is 2. The topological polar surface area (TPSA) is 93.0 Å². The second kappa shape index (κ2) is 9.21. The highest BCUT2D eigenvalue weighted by molar-refractivity contribution is 9.10. The number of imide groups is 1. The van der Waals surface area contributed by atoms with E-state index in [2.05, 4.69) is 20.8 Å². The minimum Gasteiger partial charge on any atom is -0.378 e. The van der Waals surface area contributed by atoms with Crippen molar-refractivity contribution in [3.63, 3.8) is 0 Å². The van der Waals surface area contributed by atoms with Gasteiger partial charge in [0.15, 0.2) is 0 Å². The van der Waals surface area contributed by atoms with Crippen molar-refractivity contribution < 1.29 is 19.2 Å². The number of morpholine rings is 1. The number of nitro benzene ring substituents is 1. The number of hydrogen-bond donors (Lipinski definition) is 0. The molecule has 0 atom stereocenters. The van der Waals surface area contributed by atoms with E-state index < -0.39 is 10.8 Å². The zero-order chi connectivity index (χ0) is 22.0. The number of nitro groups is 1. The molecule has 2 aromatic carbocycles. The van der Waals surface area contributed by atoms with E-state index in [0.29, 0.717) is 31.9 Å². The summed E-state index contributed by atoms with van der Waals surface area (Å²) in [7, 11) is 0. The second-order valence-electron chi connectivity index (χ2n) is 7.00. The van der Waals surface area contributed by atoms with Gasteiger partial charge in [0, 0.05) is 40.9 Å². The maximum Gasteiger partial charge on any atom is 0.293 e. The first kappa shape index (κ1) is 21.5. The number of benzene rings is 2. The van der Waals surface area contributed by atoms with E-state index in [-0.39, 0.29) is 22.4 Å². The monoisotopic (exact) mass is 503 g/mol. The molecule has 2 fully saturated rings. The van der Waals surface area contributed by atoms with E-state index in [9.17, 15) is 19.7 Å². The number of anilines is 1. The molecule has 2 aliphatic rings. The molecule has 0 N–H and O–H groups in total. The normalized spacial score (nSPS) is 18.2. The molecule has 2 aromatic rings. The average Bonchev–Trinajstić information content (AvgIpc) is 3.01. The fourth-order valence-electron chi connectivity index (χ4n) is 3.46. The molecule has 0 aliphatic carbocycles. The van der Waals surface area contributed by atoms with E-state index in [1.165, 1.54) is 17.0 Å². The largest absolute Gasteiger partial charge is 0.378 e. The minimum atomic E-state index is -0.473. The van der Waals surface area contributed by atoms with E-state index in [0.717, 1.165) is 27.5 Å². The van der Waals surface area contributed by atoms with E-state index in [1.807, 2.05) is 24.3 Å². The van der Waals surface area contributed by atoms with Gasteiger partial charge in [-0.15, -0.1) is 0 Å². The summed E-state index contributed by atoms with van der Waals surface area (Å²) in [6, 6.07) is 12.0. The van der Waals surface area contributed by atoms with Crippen molar-refractivity contribution in [3.8, 4) is 0 Å².